The summed E-state index contributed by atoms with van der Waals surface area (Å²) >= 11 is 0. The smallest absolute Gasteiger partial charge is 0.263 e. The molecule has 0 bridgehead atoms. The van der Waals surface area contributed by atoms with Gasteiger partial charge >= 0.3 is 0 Å². The number of benzene rings is 1. The summed E-state index contributed by atoms with van der Waals surface area (Å²) in [5.74, 6) is 1.24. The quantitative estimate of drug-likeness (QED) is 0.786. The van der Waals surface area contributed by atoms with E-state index in [0.29, 0.717) is 5.92 Å². The minimum atomic E-state index is -0.445. The largest absolute Gasteiger partial charge is 0.481 e. The fraction of sp³-hybridized carbons (Fsp3) is 0.562. The Morgan fingerprint density at radius 3 is 2.26 bits per heavy atom. The van der Waals surface area contributed by atoms with Gasteiger partial charge in [0.15, 0.2) is 6.10 Å². The predicted molar refractivity (Wildman–Crippen MR) is 78.5 cm³/mol. The van der Waals surface area contributed by atoms with Gasteiger partial charge in [0.2, 0.25) is 0 Å². The molecular formula is C16H25NO2. The van der Waals surface area contributed by atoms with Gasteiger partial charge in [-0.2, -0.15) is 0 Å². The maximum absolute atomic E-state index is 12.2. The Morgan fingerprint density at radius 2 is 1.74 bits per heavy atom. The Hall–Kier alpha value is -1.51. The highest BCUT2D eigenvalue weighted by Gasteiger charge is 2.21. The average Bonchev–Trinajstić information content (AvgIpc) is 2.40. The number of ether oxygens (including phenoxy) is 1. The van der Waals surface area contributed by atoms with Crippen molar-refractivity contribution >= 4 is 5.91 Å². The molecule has 1 aromatic rings. The highest BCUT2D eigenvalue weighted by molar-refractivity contribution is 5.80. The molecule has 0 saturated carbocycles. The van der Waals surface area contributed by atoms with Crippen LogP contribution in [0.15, 0.2) is 24.3 Å². The van der Waals surface area contributed by atoms with E-state index in [0.717, 1.165) is 24.4 Å². The van der Waals surface area contributed by atoms with Crippen LogP contribution < -0.4 is 4.74 Å². The molecule has 3 nitrogen and oxygen atoms in total. The first-order valence-electron chi connectivity index (χ1n) is 7.05. The lowest BCUT2D eigenvalue weighted by Crippen LogP contribution is -2.40. The van der Waals surface area contributed by atoms with E-state index in [9.17, 15) is 4.79 Å². The summed E-state index contributed by atoms with van der Waals surface area (Å²) in [6.07, 6.45) is -0.445. The summed E-state index contributed by atoms with van der Waals surface area (Å²) in [4.78, 5) is 14.0. The monoisotopic (exact) mass is 263 g/mol. The summed E-state index contributed by atoms with van der Waals surface area (Å²) < 4.78 is 5.86. The van der Waals surface area contributed by atoms with Crippen molar-refractivity contribution in [3.63, 3.8) is 0 Å². The van der Waals surface area contributed by atoms with Gasteiger partial charge in [-0.1, -0.05) is 32.0 Å². The van der Waals surface area contributed by atoms with Crippen molar-refractivity contribution in [2.24, 2.45) is 0 Å². The molecule has 0 N–H and O–H groups in total. The van der Waals surface area contributed by atoms with Crippen LogP contribution >= 0.6 is 0 Å². The number of hydrogen-bond donors (Lipinski definition) is 0. The standard InChI is InChI=1S/C16H25NO2/c1-6-17(7-2)16(18)13(5)19-15-11-9-8-10-14(15)12(3)4/h8-13H,6-7H2,1-5H3/t13-/m0/s1. The van der Waals surface area contributed by atoms with Gasteiger partial charge in [-0.05, 0) is 38.3 Å². The zero-order valence-corrected chi connectivity index (χ0v) is 12.6. The first-order chi connectivity index (χ1) is 9.01. The Kier molecular flexibility index (Phi) is 5.87. The average molecular weight is 263 g/mol. The molecule has 1 aromatic carbocycles. The second-order valence-electron chi connectivity index (χ2n) is 4.96. The number of para-hydroxylation sites is 1. The number of hydrogen-bond acceptors (Lipinski definition) is 2. The van der Waals surface area contributed by atoms with E-state index >= 15 is 0 Å². The molecule has 0 aliphatic carbocycles. The Balaban J connectivity index is 2.82. The van der Waals surface area contributed by atoms with Gasteiger partial charge in [-0.3, -0.25) is 4.79 Å². The molecule has 3 heteroatoms. The van der Waals surface area contributed by atoms with E-state index in [1.165, 1.54) is 0 Å². The lowest BCUT2D eigenvalue weighted by molar-refractivity contribution is -0.137. The SMILES string of the molecule is CCN(CC)C(=O)[C@H](C)Oc1ccccc1C(C)C. The van der Waals surface area contributed by atoms with Gasteiger partial charge in [-0.15, -0.1) is 0 Å². The maximum Gasteiger partial charge on any atom is 0.263 e. The second-order valence-corrected chi connectivity index (χ2v) is 4.96. The summed E-state index contributed by atoms with van der Waals surface area (Å²) in [6, 6.07) is 7.92. The Morgan fingerprint density at radius 1 is 1.16 bits per heavy atom. The number of nitrogens with zero attached hydrogens (tertiary/aromatic N) is 1. The van der Waals surface area contributed by atoms with E-state index in [2.05, 4.69) is 19.9 Å². The lowest BCUT2D eigenvalue weighted by Gasteiger charge is -2.24. The van der Waals surface area contributed by atoms with Gasteiger partial charge in [0.05, 0.1) is 0 Å². The van der Waals surface area contributed by atoms with Crippen LogP contribution in [-0.2, 0) is 4.79 Å². The van der Waals surface area contributed by atoms with Gasteiger partial charge in [-0.25, -0.2) is 0 Å². The van der Waals surface area contributed by atoms with Crippen LogP contribution in [-0.4, -0.2) is 30.0 Å². The van der Waals surface area contributed by atoms with Crippen LogP contribution in [0.2, 0.25) is 0 Å². The van der Waals surface area contributed by atoms with Crippen LogP contribution in [0.3, 0.4) is 0 Å². The highest BCUT2D eigenvalue weighted by atomic mass is 16.5. The summed E-state index contributed by atoms with van der Waals surface area (Å²) in [6.45, 7) is 11.5. The van der Waals surface area contributed by atoms with Crippen molar-refractivity contribution in [2.45, 2.75) is 46.6 Å². The van der Waals surface area contributed by atoms with Crippen LogP contribution in [0, 0.1) is 0 Å². The molecule has 0 heterocycles. The minimum Gasteiger partial charge on any atom is -0.481 e. The third kappa shape index (κ3) is 3.98. The molecule has 0 aromatic heterocycles. The molecule has 1 atom stereocenters. The lowest BCUT2D eigenvalue weighted by atomic mass is 10.0. The number of carbonyl (C=O) groups excluding carboxylic acids is 1. The van der Waals surface area contributed by atoms with Crippen molar-refractivity contribution < 1.29 is 9.53 Å². The molecule has 106 valence electrons. The van der Waals surface area contributed by atoms with Gasteiger partial charge in [0, 0.05) is 13.1 Å². The third-order valence-electron chi connectivity index (χ3n) is 3.27. The predicted octanol–water partition coefficient (Wildman–Crippen LogP) is 3.45. The maximum atomic E-state index is 12.2. The van der Waals surface area contributed by atoms with Crippen molar-refractivity contribution in [1.29, 1.82) is 0 Å². The van der Waals surface area contributed by atoms with E-state index in [-0.39, 0.29) is 5.91 Å². The number of likely N-dealkylation sites (N-methyl/N-ethyl adjacent to an activating group) is 1. The highest BCUT2D eigenvalue weighted by Crippen LogP contribution is 2.26. The molecule has 0 aliphatic heterocycles. The molecule has 0 fully saturated rings. The molecule has 1 rings (SSSR count). The Bertz CT molecular complexity index is 411. The topological polar surface area (TPSA) is 29.5 Å². The van der Waals surface area contributed by atoms with Crippen LogP contribution in [0.25, 0.3) is 0 Å². The summed E-state index contributed by atoms with van der Waals surface area (Å²) in [7, 11) is 0. The third-order valence-corrected chi connectivity index (χ3v) is 3.27. The fourth-order valence-electron chi connectivity index (χ4n) is 2.10. The molecular weight excluding hydrogens is 238 g/mol. The van der Waals surface area contributed by atoms with Crippen molar-refractivity contribution in [2.75, 3.05) is 13.1 Å². The molecule has 19 heavy (non-hydrogen) atoms. The molecule has 0 spiro atoms. The Labute approximate surface area is 116 Å². The zero-order chi connectivity index (χ0) is 14.4. The number of carbonyl (C=O) groups is 1. The number of amides is 1. The summed E-state index contributed by atoms with van der Waals surface area (Å²) in [5.41, 5.74) is 1.14. The second kappa shape index (κ2) is 7.17. The first-order valence-corrected chi connectivity index (χ1v) is 7.05. The molecule has 0 unspecified atom stereocenters. The normalized spacial score (nSPS) is 12.3. The molecule has 0 radical (unpaired) electrons. The van der Waals surface area contributed by atoms with Crippen molar-refractivity contribution in [3.05, 3.63) is 29.8 Å². The van der Waals surface area contributed by atoms with Crippen molar-refractivity contribution in [3.8, 4) is 5.75 Å². The number of rotatable bonds is 6. The van der Waals surface area contributed by atoms with Gasteiger partial charge in [0.25, 0.3) is 5.91 Å². The first kappa shape index (κ1) is 15.5. The van der Waals surface area contributed by atoms with Crippen molar-refractivity contribution in [1.82, 2.24) is 4.90 Å². The van der Waals surface area contributed by atoms with Crippen LogP contribution in [0.5, 0.6) is 5.75 Å². The van der Waals surface area contributed by atoms with E-state index in [4.69, 9.17) is 4.74 Å². The molecule has 0 saturated heterocycles. The molecule has 0 aliphatic rings. The minimum absolute atomic E-state index is 0.0450. The van der Waals surface area contributed by atoms with Gasteiger partial charge < -0.3 is 9.64 Å². The summed E-state index contributed by atoms with van der Waals surface area (Å²) in [5, 5.41) is 0. The van der Waals surface area contributed by atoms with Gasteiger partial charge in [0.1, 0.15) is 5.75 Å². The van der Waals surface area contributed by atoms with Crippen LogP contribution in [0.1, 0.15) is 46.1 Å². The van der Waals surface area contributed by atoms with E-state index in [1.807, 2.05) is 39.0 Å². The fourth-order valence-corrected chi connectivity index (χ4v) is 2.10. The van der Waals surface area contributed by atoms with E-state index in [1.54, 1.807) is 4.90 Å². The van der Waals surface area contributed by atoms with Crippen LogP contribution in [0.4, 0.5) is 0 Å². The zero-order valence-electron chi connectivity index (χ0n) is 12.6. The van der Waals surface area contributed by atoms with E-state index < -0.39 is 6.10 Å². The molecule has 1 amide bonds.